The molecule has 1 aliphatic heterocycles. The minimum Gasteiger partial charge on any atom is -0.481 e. The Bertz CT molecular complexity index is 450. The molecule has 1 atom stereocenters. The summed E-state index contributed by atoms with van der Waals surface area (Å²) < 4.78 is 6.80. The molecule has 0 bridgehead atoms. The fourth-order valence-electron chi connectivity index (χ4n) is 2.20. The Labute approximate surface area is 104 Å². The molecule has 0 aliphatic carbocycles. The molecule has 5 nitrogen and oxygen atoms in total. The third kappa shape index (κ3) is 2.05. The second kappa shape index (κ2) is 4.31. The minimum absolute atomic E-state index is 0.243. The molecule has 0 saturated carbocycles. The number of carboxylic acid groups (broad SMARTS) is 1. The zero-order valence-corrected chi connectivity index (χ0v) is 10.6. The number of nitrogens with zero attached hydrogens (tertiary/aromatic N) is 2. The van der Waals surface area contributed by atoms with Gasteiger partial charge in [-0.05, 0) is 19.8 Å². The highest BCUT2D eigenvalue weighted by Crippen LogP contribution is 2.35. The van der Waals surface area contributed by atoms with E-state index in [9.17, 15) is 9.90 Å². The van der Waals surface area contributed by atoms with Crippen LogP contribution in [0.4, 0.5) is 0 Å². The lowest BCUT2D eigenvalue weighted by Crippen LogP contribution is -2.34. The van der Waals surface area contributed by atoms with Crippen LogP contribution in [0.3, 0.4) is 0 Å². The molecule has 0 spiro atoms. The van der Waals surface area contributed by atoms with Crippen LogP contribution in [-0.4, -0.2) is 34.1 Å². The number of aryl methyl sites for hydroxylation is 2. The van der Waals surface area contributed by atoms with E-state index in [2.05, 4.69) is 5.10 Å². The lowest BCUT2D eigenvalue weighted by atomic mass is 9.81. The SMILES string of the molecule is Cc1nn(C)c(Cl)c1CC1(C(=O)O)CCOC1. The number of rotatable bonds is 3. The van der Waals surface area contributed by atoms with Gasteiger partial charge in [-0.1, -0.05) is 11.6 Å². The van der Waals surface area contributed by atoms with Crippen molar-refractivity contribution >= 4 is 17.6 Å². The van der Waals surface area contributed by atoms with Crippen molar-refractivity contribution in [3.05, 3.63) is 16.4 Å². The van der Waals surface area contributed by atoms with Crippen molar-refractivity contribution in [3.8, 4) is 0 Å². The number of halogens is 1. The molecule has 1 unspecified atom stereocenters. The van der Waals surface area contributed by atoms with Gasteiger partial charge in [0.2, 0.25) is 0 Å². The summed E-state index contributed by atoms with van der Waals surface area (Å²) in [6, 6.07) is 0. The van der Waals surface area contributed by atoms with Gasteiger partial charge in [0.05, 0.1) is 17.7 Å². The van der Waals surface area contributed by atoms with E-state index < -0.39 is 11.4 Å². The summed E-state index contributed by atoms with van der Waals surface area (Å²) in [5.41, 5.74) is 0.740. The van der Waals surface area contributed by atoms with Crippen molar-refractivity contribution < 1.29 is 14.6 Å². The van der Waals surface area contributed by atoms with E-state index >= 15 is 0 Å². The fourth-order valence-corrected chi connectivity index (χ4v) is 2.45. The number of aliphatic carboxylic acids is 1. The Morgan fingerprint density at radius 1 is 1.71 bits per heavy atom. The molecule has 1 fully saturated rings. The smallest absolute Gasteiger partial charge is 0.312 e. The monoisotopic (exact) mass is 258 g/mol. The van der Waals surface area contributed by atoms with Gasteiger partial charge >= 0.3 is 5.97 Å². The van der Waals surface area contributed by atoms with Gasteiger partial charge in [-0.3, -0.25) is 9.48 Å². The average molecular weight is 259 g/mol. The third-order valence-electron chi connectivity index (χ3n) is 3.34. The zero-order chi connectivity index (χ0) is 12.6. The molecule has 1 saturated heterocycles. The zero-order valence-electron chi connectivity index (χ0n) is 9.86. The molecule has 0 amide bonds. The highest BCUT2D eigenvalue weighted by molar-refractivity contribution is 6.30. The van der Waals surface area contributed by atoms with Crippen LogP contribution in [0.25, 0.3) is 0 Å². The Morgan fingerprint density at radius 3 is 2.82 bits per heavy atom. The fraction of sp³-hybridized carbons (Fsp3) is 0.636. The highest BCUT2D eigenvalue weighted by atomic mass is 35.5. The molecule has 17 heavy (non-hydrogen) atoms. The van der Waals surface area contributed by atoms with Crippen LogP contribution in [0, 0.1) is 12.3 Å². The molecule has 1 aromatic rings. The number of hydrogen-bond acceptors (Lipinski definition) is 3. The van der Waals surface area contributed by atoms with E-state index in [1.165, 1.54) is 0 Å². The second-order valence-electron chi connectivity index (χ2n) is 4.54. The topological polar surface area (TPSA) is 64.4 Å². The molecule has 1 N–H and O–H groups in total. The van der Waals surface area contributed by atoms with Crippen molar-refractivity contribution in [2.75, 3.05) is 13.2 Å². The van der Waals surface area contributed by atoms with E-state index in [-0.39, 0.29) is 6.61 Å². The lowest BCUT2D eigenvalue weighted by Gasteiger charge is -2.21. The number of ether oxygens (including phenoxy) is 1. The van der Waals surface area contributed by atoms with E-state index in [4.69, 9.17) is 16.3 Å². The predicted molar refractivity (Wildman–Crippen MR) is 62.2 cm³/mol. The van der Waals surface area contributed by atoms with Gasteiger partial charge in [0.15, 0.2) is 0 Å². The Kier molecular flexibility index (Phi) is 3.14. The van der Waals surface area contributed by atoms with E-state index in [0.717, 1.165) is 11.3 Å². The average Bonchev–Trinajstić information content (AvgIpc) is 2.81. The third-order valence-corrected chi connectivity index (χ3v) is 3.81. The molecule has 6 heteroatoms. The highest BCUT2D eigenvalue weighted by Gasteiger charge is 2.43. The van der Waals surface area contributed by atoms with Crippen molar-refractivity contribution in [2.24, 2.45) is 12.5 Å². The first kappa shape index (κ1) is 12.4. The summed E-state index contributed by atoms with van der Waals surface area (Å²) in [5, 5.41) is 14.1. The molecular weight excluding hydrogens is 244 g/mol. The second-order valence-corrected chi connectivity index (χ2v) is 4.90. The van der Waals surface area contributed by atoms with Crippen molar-refractivity contribution in [1.29, 1.82) is 0 Å². The van der Waals surface area contributed by atoms with E-state index in [1.807, 2.05) is 6.92 Å². The molecule has 0 aromatic carbocycles. The van der Waals surface area contributed by atoms with Crippen molar-refractivity contribution in [3.63, 3.8) is 0 Å². The lowest BCUT2D eigenvalue weighted by molar-refractivity contribution is -0.148. The summed E-state index contributed by atoms with van der Waals surface area (Å²) in [6.45, 7) is 2.57. The first-order chi connectivity index (χ1) is 7.96. The Morgan fingerprint density at radius 2 is 2.41 bits per heavy atom. The maximum Gasteiger partial charge on any atom is 0.312 e. The normalized spacial score (nSPS) is 24.2. The maximum atomic E-state index is 11.4. The molecule has 1 aromatic heterocycles. The van der Waals surface area contributed by atoms with Crippen LogP contribution in [0.5, 0.6) is 0 Å². The standard InChI is InChI=1S/C11H15ClN2O3/c1-7-8(9(12)14(2)13-7)5-11(10(15)16)3-4-17-6-11/h3-6H2,1-2H3,(H,15,16). The van der Waals surface area contributed by atoms with Gasteiger partial charge in [0, 0.05) is 19.2 Å². The summed E-state index contributed by atoms with van der Waals surface area (Å²) >= 11 is 6.13. The summed E-state index contributed by atoms with van der Waals surface area (Å²) in [6.07, 6.45) is 0.897. The summed E-state index contributed by atoms with van der Waals surface area (Å²) in [5.74, 6) is -0.825. The molecule has 2 heterocycles. The van der Waals surface area contributed by atoms with E-state index in [1.54, 1.807) is 11.7 Å². The number of carbonyl (C=O) groups is 1. The minimum atomic E-state index is -0.850. The van der Waals surface area contributed by atoms with Gasteiger partial charge in [-0.25, -0.2) is 0 Å². The number of hydrogen-bond donors (Lipinski definition) is 1. The van der Waals surface area contributed by atoms with Gasteiger partial charge < -0.3 is 9.84 Å². The van der Waals surface area contributed by atoms with Crippen LogP contribution in [-0.2, 0) is 23.0 Å². The molecule has 1 aliphatic rings. The summed E-state index contributed by atoms with van der Waals surface area (Å²) in [7, 11) is 1.75. The van der Waals surface area contributed by atoms with Gasteiger partial charge in [-0.2, -0.15) is 5.10 Å². The first-order valence-corrected chi connectivity index (χ1v) is 5.83. The molecular formula is C11H15ClN2O3. The molecule has 2 rings (SSSR count). The van der Waals surface area contributed by atoms with Crippen molar-refractivity contribution in [2.45, 2.75) is 19.8 Å². The molecule has 0 radical (unpaired) electrons. The van der Waals surface area contributed by atoms with Crippen molar-refractivity contribution in [1.82, 2.24) is 9.78 Å². The Balaban J connectivity index is 2.33. The largest absolute Gasteiger partial charge is 0.481 e. The number of aromatic nitrogens is 2. The van der Waals surface area contributed by atoms with Crippen LogP contribution in [0.1, 0.15) is 17.7 Å². The summed E-state index contributed by atoms with van der Waals surface area (Å²) in [4.78, 5) is 11.4. The van der Waals surface area contributed by atoms with Crippen LogP contribution >= 0.6 is 11.6 Å². The van der Waals surface area contributed by atoms with Gasteiger partial charge in [0.1, 0.15) is 5.15 Å². The van der Waals surface area contributed by atoms with Crippen LogP contribution in [0.2, 0.25) is 5.15 Å². The first-order valence-electron chi connectivity index (χ1n) is 5.45. The van der Waals surface area contributed by atoms with Gasteiger partial charge in [-0.15, -0.1) is 0 Å². The quantitative estimate of drug-likeness (QED) is 0.891. The Hall–Kier alpha value is -1.07. The van der Waals surface area contributed by atoms with Crippen LogP contribution in [0.15, 0.2) is 0 Å². The molecule has 94 valence electrons. The van der Waals surface area contributed by atoms with E-state index in [0.29, 0.717) is 24.6 Å². The predicted octanol–water partition coefficient (Wildman–Crippen LogP) is 1.42. The van der Waals surface area contributed by atoms with Crippen LogP contribution < -0.4 is 0 Å². The number of carboxylic acids is 1. The van der Waals surface area contributed by atoms with Gasteiger partial charge in [0.25, 0.3) is 0 Å². The maximum absolute atomic E-state index is 11.4.